The van der Waals surface area contributed by atoms with Gasteiger partial charge in [0.25, 0.3) is 0 Å². The van der Waals surface area contributed by atoms with Gasteiger partial charge in [0.15, 0.2) is 11.4 Å². The van der Waals surface area contributed by atoms with E-state index in [0.29, 0.717) is 5.17 Å². The molecule has 0 heterocycles. The molecule has 0 fully saturated rings. The summed E-state index contributed by atoms with van der Waals surface area (Å²) in [6.45, 7) is 3.36. The minimum Gasteiger partial charge on any atom is -0.326 e. The van der Waals surface area contributed by atoms with Crippen LogP contribution in [0, 0.1) is 18.4 Å². The lowest BCUT2D eigenvalue weighted by atomic mass is 10.2. The van der Waals surface area contributed by atoms with E-state index < -0.39 is 0 Å². The van der Waals surface area contributed by atoms with Crippen molar-refractivity contribution in [2.24, 2.45) is 4.99 Å². The number of benzene rings is 1. The summed E-state index contributed by atoms with van der Waals surface area (Å²) >= 11 is 1.36. The Morgan fingerprint density at radius 1 is 1.50 bits per heavy atom. The molecule has 0 unspecified atom stereocenters. The number of aliphatic imine (C=N–C) groups is 1. The number of hydrogen-bond acceptors (Lipinski definition) is 4. The first-order chi connectivity index (χ1) is 8.56. The Hall–Kier alpha value is -2.00. The van der Waals surface area contributed by atoms with Gasteiger partial charge in [-0.05, 0) is 36.9 Å². The summed E-state index contributed by atoms with van der Waals surface area (Å²) in [5, 5.41) is 14.3. The van der Waals surface area contributed by atoms with Gasteiger partial charge in [-0.3, -0.25) is 10.1 Å². The Balaban J connectivity index is 2.98. The van der Waals surface area contributed by atoms with Gasteiger partial charge >= 0.3 is 0 Å². The van der Waals surface area contributed by atoms with Crippen LogP contribution in [0.4, 0.5) is 11.4 Å². The number of aryl methyl sites for hydroxylation is 1. The summed E-state index contributed by atoms with van der Waals surface area (Å²) in [4.78, 5) is 15.3. The molecule has 0 aliphatic carbocycles. The van der Waals surface area contributed by atoms with Crippen LogP contribution < -0.4 is 10.6 Å². The Morgan fingerprint density at radius 2 is 2.22 bits per heavy atom. The molecule has 6 heteroatoms. The van der Waals surface area contributed by atoms with Crippen molar-refractivity contribution in [1.82, 2.24) is 5.32 Å². The molecule has 18 heavy (non-hydrogen) atoms. The van der Waals surface area contributed by atoms with E-state index in [4.69, 9.17) is 5.26 Å². The van der Waals surface area contributed by atoms with E-state index in [1.165, 1.54) is 18.7 Å². The van der Waals surface area contributed by atoms with Crippen LogP contribution in [-0.2, 0) is 4.79 Å². The van der Waals surface area contributed by atoms with E-state index in [0.717, 1.165) is 16.9 Å². The number of nitriles is 1. The summed E-state index contributed by atoms with van der Waals surface area (Å²) in [5.74, 6) is -0.110. The largest absolute Gasteiger partial charge is 0.326 e. The smallest absolute Gasteiger partial charge is 0.221 e. The Bertz CT molecular complexity index is 519. The van der Waals surface area contributed by atoms with Gasteiger partial charge < -0.3 is 5.32 Å². The molecule has 0 saturated carbocycles. The molecule has 2 N–H and O–H groups in total. The molecular formula is C12H14N4OS. The molecule has 0 aromatic heterocycles. The molecule has 5 nitrogen and oxygen atoms in total. The quantitative estimate of drug-likeness (QED) is 0.371. The summed E-state index contributed by atoms with van der Waals surface area (Å²) in [5.41, 5.74) is 2.42. The van der Waals surface area contributed by atoms with E-state index in [-0.39, 0.29) is 5.91 Å². The Kier molecular flexibility index (Phi) is 5.21. The standard InChI is InChI=1S/C12H14N4OS/c1-8-6-10(15-9(2)17)4-5-11(8)16-12(18-3)14-7-13/h4-6H,1-3H3,(H,14,16)(H,15,17). The number of anilines is 1. The van der Waals surface area contributed by atoms with Crippen molar-refractivity contribution in [1.29, 1.82) is 5.26 Å². The van der Waals surface area contributed by atoms with Gasteiger partial charge in [-0.2, -0.15) is 5.26 Å². The van der Waals surface area contributed by atoms with Crippen molar-refractivity contribution in [2.75, 3.05) is 11.6 Å². The minimum absolute atomic E-state index is 0.110. The van der Waals surface area contributed by atoms with Crippen LogP contribution in [0.15, 0.2) is 23.2 Å². The zero-order valence-electron chi connectivity index (χ0n) is 10.4. The van der Waals surface area contributed by atoms with Gasteiger partial charge in [0.1, 0.15) is 0 Å². The zero-order valence-corrected chi connectivity index (χ0v) is 11.3. The maximum absolute atomic E-state index is 10.9. The highest BCUT2D eigenvalue weighted by Gasteiger charge is 2.02. The third-order valence-corrected chi connectivity index (χ3v) is 2.68. The molecule has 0 aliphatic heterocycles. The second-order valence-corrected chi connectivity index (χ2v) is 4.34. The van der Waals surface area contributed by atoms with Crippen LogP contribution in [0.2, 0.25) is 0 Å². The maximum Gasteiger partial charge on any atom is 0.221 e. The third-order valence-electron chi connectivity index (χ3n) is 2.10. The molecule has 1 aromatic carbocycles. The van der Waals surface area contributed by atoms with Crippen LogP contribution in [0.1, 0.15) is 12.5 Å². The highest BCUT2D eigenvalue weighted by atomic mass is 32.2. The fraction of sp³-hybridized carbons (Fsp3) is 0.250. The number of nitrogens with one attached hydrogen (secondary N) is 2. The minimum atomic E-state index is -0.110. The molecule has 1 rings (SSSR count). The number of amidine groups is 1. The van der Waals surface area contributed by atoms with Crippen LogP contribution in [0.3, 0.4) is 0 Å². The zero-order chi connectivity index (χ0) is 13.5. The first kappa shape index (κ1) is 14.1. The summed E-state index contributed by atoms with van der Waals surface area (Å²) in [7, 11) is 0. The molecule has 0 atom stereocenters. The van der Waals surface area contributed by atoms with Gasteiger partial charge in [0.05, 0.1) is 5.69 Å². The number of rotatable bonds is 2. The lowest BCUT2D eigenvalue weighted by Crippen LogP contribution is -2.12. The van der Waals surface area contributed by atoms with E-state index >= 15 is 0 Å². The van der Waals surface area contributed by atoms with Crippen LogP contribution in [0.25, 0.3) is 0 Å². The van der Waals surface area contributed by atoms with Gasteiger partial charge in [-0.15, -0.1) is 0 Å². The number of amides is 1. The lowest BCUT2D eigenvalue weighted by Gasteiger charge is -2.06. The number of hydrogen-bond donors (Lipinski definition) is 2. The fourth-order valence-corrected chi connectivity index (χ4v) is 1.68. The average Bonchev–Trinajstić information content (AvgIpc) is 2.30. The van der Waals surface area contributed by atoms with E-state index in [1.54, 1.807) is 12.1 Å². The van der Waals surface area contributed by atoms with Crippen molar-refractivity contribution in [2.45, 2.75) is 13.8 Å². The summed E-state index contributed by atoms with van der Waals surface area (Å²) in [6, 6.07) is 5.41. The number of carbonyl (C=O) groups is 1. The highest BCUT2D eigenvalue weighted by Crippen LogP contribution is 2.23. The van der Waals surface area contributed by atoms with Crippen LogP contribution >= 0.6 is 11.8 Å². The first-order valence-electron chi connectivity index (χ1n) is 5.23. The Morgan fingerprint density at radius 3 is 2.72 bits per heavy atom. The number of thioether (sulfide) groups is 1. The lowest BCUT2D eigenvalue weighted by molar-refractivity contribution is -0.114. The maximum atomic E-state index is 10.9. The molecule has 0 spiro atoms. The number of nitrogens with zero attached hydrogens (tertiary/aromatic N) is 2. The van der Waals surface area contributed by atoms with Crippen LogP contribution in [-0.4, -0.2) is 17.3 Å². The van der Waals surface area contributed by atoms with Gasteiger partial charge in [0.2, 0.25) is 5.91 Å². The van der Waals surface area contributed by atoms with Crippen molar-refractivity contribution in [3.8, 4) is 6.19 Å². The fourth-order valence-electron chi connectivity index (χ4n) is 1.34. The van der Waals surface area contributed by atoms with Gasteiger partial charge in [-0.1, -0.05) is 11.8 Å². The van der Waals surface area contributed by atoms with E-state index in [9.17, 15) is 4.79 Å². The predicted molar refractivity (Wildman–Crippen MR) is 74.8 cm³/mol. The van der Waals surface area contributed by atoms with E-state index in [1.807, 2.05) is 25.4 Å². The molecule has 1 amide bonds. The first-order valence-corrected chi connectivity index (χ1v) is 6.45. The van der Waals surface area contributed by atoms with Crippen LogP contribution in [0.5, 0.6) is 0 Å². The highest BCUT2D eigenvalue weighted by molar-refractivity contribution is 8.13. The molecule has 0 bridgehead atoms. The van der Waals surface area contributed by atoms with Crippen molar-refractivity contribution >= 4 is 34.2 Å². The van der Waals surface area contributed by atoms with Gasteiger partial charge in [0, 0.05) is 12.6 Å². The Labute approximate surface area is 110 Å². The summed E-state index contributed by atoms with van der Waals surface area (Å²) in [6.07, 6.45) is 3.67. The van der Waals surface area contributed by atoms with Crippen molar-refractivity contribution in [3.05, 3.63) is 23.8 Å². The van der Waals surface area contributed by atoms with Crippen molar-refractivity contribution in [3.63, 3.8) is 0 Å². The van der Waals surface area contributed by atoms with E-state index in [2.05, 4.69) is 15.6 Å². The SMILES string of the molecule is CSC(=Nc1ccc(NC(C)=O)cc1C)NC#N. The molecular weight excluding hydrogens is 248 g/mol. The topological polar surface area (TPSA) is 77.3 Å². The molecule has 94 valence electrons. The van der Waals surface area contributed by atoms with Gasteiger partial charge in [-0.25, -0.2) is 4.99 Å². The molecule has 0 radical (unpaired) electrons. The molecule has 1 aromatic rings. The summed E-state index contributed by atoms with van der Waals surface area (Å²) < 4.78 is 0. The number of carbonyl (C=O) groups excluding carboxylic acids is 1. The second-order valence-electron chi connectivity index (χ2n) is 3.54. The van der Waals surface area contributed by atoms with Crippen molar-refractivity contribution < 1.29 is 4.79 Å². The molecule has 0 saturated heterocycles. The molecule has 0 aliphatic rings. The second kappa shape index (κ2) is 6.67. The normalized spacial score (nSPS) is 10.7. The monoisotopic (exact) mass is 262 g/mol. The third kappa shape index (κ3) is 4.11. The average molecular weight is 262 g/mol. The predicted octanol–water partition coefficient (Wildman–Crippen LogP) is 2.37.